The van der Waals surface area contributed by atoms with E-state index in [1.54, 1.807) is 23.4 Å². The highest BCUT2D eigenvalue weighted by Crippen LogP contribution is 2.41. The van der Waals surface area contributed by atoms with Crippen LogP contribution in [-0.2, 0) is 21.5 Å². The summed E-state index contributed by atoms with van der Waals surface area (Å²) >= 11 is 0. The van der Waals surface area contributed by atoms with Crippen molar-refractivity contribution in [2.45, 2.75) is 18.4 Å². The Hall–Kier alpha value is -3.49. The smallest absolute Gasteiger partial charge is 0.325 e. The number of carbonyl (C=O) groups excluding carboxylic acids is 3. The molecule has 2 aromatic rings. The molecule has 0 bridgehead atoms. The Kier molecular flexibility index (Phi) is 4.38. The van der Waals surface area contributed by atoms with Crippen molar-refractivity contribution < 1.29 is 14.4 Å². The molecule has 9 heteroatoms. The van der Waals surface area contributed by atoms with Crippen molar-refractivity contribution in [1.29, 1.82) is 0 Å². The molecule has 154 valence electrons. The fourth-order valence-electron chi connectivity index (χ4n) is 4.58. The molecule has 9 nitrogen and oxygen atoms in total. The summed E-state index contributed by atoms with van der Waals surface area (Å²) < 4.78 is 0. The summed E-state index contributed by atoms with van der Waals surface area (Å²) in [6.07, 6.45) is 4.63. The van der Waals surface area contributed by atoms with E-state index in [1.165, 1.54) is 0 Å². The molecule has 2 saturated heterocycles. The zero-order chi connectivity index (χ0) is 20.7. The SMILES string of the molecule is O=C(CN1C(=O)NC2(CCc3ccccc32)C1=O)N1CCN(c2ncccn2)CC1. The van der Waals surface area contributed by atoms with Crippen molar-refractivity contribution in [3.05, 3.63) is 53.9 Å². The van der Waals surface area contributed by atoms with Gasteiger partial charge in [0.25, 0.3) is 5.91 Å². The molecule has 1 unspecified atom stereocenters. The third-order valence-electron chi connectivity index (χ3n) is 6.18. The minimum atomic E-state index is -1.03. The highest BCUT2D eigenvalue weighted by atomic mass is 16.2. The number of fused-ring (bicyclic) bond motifs is 2. The first-order valence-electron chi connectivity index (χ1n) is 10.1. The lowest BCUT2D eigenvalue weighted by Crippen LogP contribution is -2.52. The molecule has 0 saturated carbocycles. The van der Waals surface area contributed by atoms with Crippen molar-refractivity contribution in [1.82, 2.24) is 25.1 Å². The molecule has 2 fully saturated rings. The summed E-state index contributed by atoms with van der Waals surface area (Å²) in [5.74, 6) is 0.0816. The molecule has 5 rings (SSSR count). The summed E-state index contributed by atoms with van der Waals surface area (Å²) in [6, 6.07) is 8.93. The molecule has 3 heterocycles. The predicted molar refractivity (Wildman–Crippen MR) is 108 cm³/mol. The normalized spacial score (nSPS) is 23.1. The Morgan fingerprint density at radius 1 is 1.03 bits per heavy atom. The number of benzene rings is 1. The monoisotopic (exact) mass is 406 g/mol. The number of aromatic nitrogens is 2. The zero-order valence-electron chi connectivity index (χ0n) is 16.5. The maximum absolute atomic E-state index is 13.2. The van der Waals surface area contributed by atoms with Crippen LogP contribution in [-0.4, -0.2) is 70.3 Å². The van der Waals surface area contributed by atoms with E-state index < -0.39 is 11.6 Å². The van der Waals surface area contributed by atoms with Gasteiger partial charge in [0, 0.05) is 38.6 Å². The van der Waals surface area contributed by atoms with Gasteiger partial charge in [-0.1, -0.05) is 24.3 Å². The molecule has 4 amide bonds. The molecular formula is C21H22N6O3. The van der Waals surface area contributed by atoms with Gasteiger partial charge in [-0.05, 0) is 30.0 Å². The summed E-state index contributed by atoms with van der Waals surface area (Å²) in [5.41, 5.74) is 0.880. The molecule has 30 heavy (non-hydrogen) atoms. The quantitative estimate of drug-likeness (QED) is 0.747. The van der Waals surface area contributed by atoms with Crippen LogP contribution < -0.4 is 10.2 Å². The Morgan fingerprint density at radius 3 is 2.53 bits per heavy atom. The lowest BCUT2D eigenvalue weighted by Gasteiger charge is -2.35. The van der Waals surface area contributed by atoms with E-state index >= 15 is 0 Å². The van der Waals surface area contributed by atoms with Gasteiger partial charge in [0.2, 0.25) is 11.9 Å². The number of imide groups is 1. The number of carbonyl (C=O) groups is 3. The van der Waals surface area contributed by atoms with Gasteiger partial charge >= 0.3 is 6.03 Å². The molecule has 1 aromatic carbocycles. The minimum Gasteiger partial charge on any atom is -0.338 e. The maximum atomic E-state index is 13.2. The topological polar surface area (TPSA) is 98.7 Å². The third-order valence-corrected chi connectivity index (χ3v) is 6.18. The second-order valence-electron chi connectivity index (χ2n) is 7.80. The van der Waals surface area contributed by atoms with Crippen LogP contribution in [0.5, 0.6) is 0 Å². The van der Waals surface area contributed by atoms with E-state index in [-0.39, 0.29) is 18.4 Å². The van der Waals surface area contributed by atoms with Gasteiger partial charge in [0.1, 0.15) is 12.1 Å². The lowest BCUT2D eigenvalue weighted by molar-refractivity contribution is -0.139. The minimum absolute atomic E-state index is 0.226. The number of urea groups is 1. The van der Waals surface area contributed by atoms with Crippen LogP contribution in [0.2, 0.25) is 0 Å². The van der Waals surface area contributed by atoms with Crippen LogP contribution in [0, 0.1) is 0 Å². The number of hydrogen-bond acceptors (Lipinski definition) is 6. The molecule has 1 aliphatic carbocycles. The van der Waals surface area contributed by atoms with Crippen molar-refractivity contribution in [2.75, 3.05) is 37.6 Å². The van der Waals surface area contributed by atoms with Crippen molar-refractivity contribution in [3.63, 3.8) is 0 Å². The first-order chi connectivity index (χ1) is 14.6. The van der Waals surface area contributed by atoms with E-state index in [9.17, 15) is 14.4 Å². The molecule has 1 aromatic heterocycles. The van der Waals surface area contributed by atoms with Crippen LogP contribution in [0.4, 0.5) is 10.7 Å². The zero-order valence-corrected chi connectivity index (χ0v) is 16.5. The van der Waals surface area contributed by atoms with Crippen LogP contribution in [0.3, 0.4) is 0 Å². The number of nitrogens with one attached hydrogen (secondary N) is 1. The van der Waals surface area contributed by atoms with Crippen LogP contribution in [0.1, 0.15) is 17.5 Å². The van der Waals surface area contributed by atoms with E-state index in [2.05, 4.69) is 15.3 Å². The second kappa shape index (κ2) is 7.08. The van der Waals surface area contributed by atoms with Gasteiger partial charge in [0.05, 0.1) is 0 Å². The largest absolute Gasteiger partial charge is 0.338 e. The maximum Gasteiger partial charge on any atom is 0.325 e. The summed E-state index contributed by atoms with van der Waals surface area (Å²) in [4.78, 5) is 51.9. The number of hydrogen-bond donors (Lipinski definition) is 1. The Bertz CT molecular complexity index is 1000. The molecule has 2 aliphatic heterocycles. The average Bonchev–Trinajstić information content (AvgIpc) is 3.27. The summed E-state index contributed by atoms with van der Waals surface area (Å²) in [5, 5.41) is 2.86. The molecule has 3 aliphatic rings. The first kappa shape index (κ1) is 18.5. The molecular weight excluding hydrogens is 384 g/mol. The van der Waals surface area contributed by atoms with Gasteiger partial charge in [-0.3, -0.25) is 14.5 Å². The van der Waals surface area contributed by atoms with Crippen molar-refractivity contribution in [2.24, 2.45) is 0 Å². The second-order valence-corrected chi connectivity index (χ2v) is 7.80. The molecule has 0 radical (unpaired) electrons. The van der Waals surface area contributed by atoms with Crippen LogP contribution in [0.15, 0.2) is 42.7 Å². The predicted octanol–water partition coefficient (Wildman–Crippen LogP) is 0.519. The van der Waals surface area contributed by atoms with Gasteiger partial charge in [-0.2, -0.15) is 0 Å². The first-order valence-corrected chi connectivity index (χ1v) is 10.1. The van der Waals surface area contributed by atoms with Gasteiger partial charge < -0.3 is 15.1 Å². The summed E-state index contributed by atoms with van der Waals surface area (Å²) in [6.45, 7) is 1.96. The third kappa shape index (κ3) is 2.89. The number of piperazine rings is 1. The van der Waals surface area contributed by atoms with Gasteiger partial charge in [0.15, 0.2) is 0 Å². The van der Waals surface area contributed by atoms with Crippen LogP contribution >= 0.6 is 0 Å². The van der Waals surface area contributed by atoms with E-state index in [0.29, 0.717) is 38.5 Å². The number of rotatable bonds is 3. The van der Waals surface area contributed by atoms with E-state index in [1.807, 2.05) is 29.2 Å². The average molecular weight is 406 g/mol. The van der Waals surface area contributed by atoms with E-state index in [0.717, 1.165) is 22.4 Å². The molecule has 1 atom stereocenters. The lowest BCUT2D eigenvalue weighted by atomic mass is 9.92. The van der Waals surface area contributed by atoms with Gasteiger partial charge in [-0.25, -0.2) is 14.8 Å². The highest BCUT2D eigenvalue weighted by molar-refractivity contribution is 6.09. The fraction of sp³-hybridized carbons (Fsp3) is 0.381. The Morgan fingerprint density at radius 2 is 1.77 bits per heavy atom. The Balaban J connectivity index is 1.25. The molecule has 1 N–H and O–H groups in total. The standard InChI is InChI=1S/C21H22N6O3/c28-17(25-10-12-26(13-11-25)19-22-8-3-9-23-19)14-27-18(29)21(24-20(27)30)7-6-15-4-1-2-5-16(15)21/h1-5,8-9H,6-7,10-14H2,(H,24,30). The van der Waals surface area contributed by atoms with E-state index in [4.69, 9.17) is 0 Å². The Labute approximate surface area is 173 Å². The van der Waals surface area contributed by atoms with Crippen molar-refractivity contribution >= 4 is 23.8 Å². The van der Waals surface area contributed by atoms with Crippen LogP contribution in [0.25, 0.3) is 0 Å². The number of amides is 4. The fourth-order valence-corrected chi connectivity index (χ4v) is 4.58. The molecule has 1 spiro atoms. The number of nitrogens with zero attached hydrogens (tertiary/aromatic N) is 5. The summed E-state index contributed by atoms with van der Waals surface area (Å²) in [7, 11) is 0. The number of aryl methyl sites for hydroxylation is 1. The van der Waals surface area contributed by atoms with Crippen molar-refractivity contribution in [3.8, 4) is 0 Å². The number of anilines is 1. The highest BCUT2D eigenvalue weighted by Gasteiger charge is 2.55. The van der Waals surface area contributed by atoms with Gasteiger partial charge in [-0.15, -0.1) is 0 Å².